The number of piperidine rings is 1. The number of carboxylic acid groups (broad SMARTS) is 1. The maximum absolute atomic E-state index is 13.8. The Morgan fingerprint density at radius 2 is 2.04 bits per heavy atom. The molecule has 25 heavy (non-hydrogen) atoms. The van der Waals surface area contributed by atoms with Crippen molar-refractivity contribution in [2.24, 2.45) is 5.92 Å². The summed E-state index contributed by atoms with van der Waals surface area (Å²) in [6, 6.07) is 11.3. The van der Waals surface area contributed by atoms with Crippen molar-refractivity contribution >= 4 is 29.2 Å². The Morgan fingerprint density at radius 1 is 1.24 bits per heavy atom. The molecular formula is C19H18Cl2FNO2. The third-order valence-corrected chi connectivity index (χ3v) is 5.15. The number of carbonyl (C=O) groups is 1. The Morgan fingerprint density at radius 3 is 2.72 bits per heavy atom. The van der Waals surface area contributed by atoms with Crippen LogP contribution >= 0.6 is 23.2 Å². The highest BCUT2D eigenvalue weighted by Crippen LogP contribution is 2.37. The molecule has 0 aromatic heterocycles. The van der Waals surface area contributed by atoms with Crippen molar-refractivity contribution in [3.05, 3.63) is 69.5 Å². The number of hydrogen-bond donors (Lipinski definition) is 1. The number of aliphatic carboxylic acids is 1. The highest BCUT2D eigenvalue weighted by molar-refractivity contribution is 6.35. The van der Waals surface area contributed by atoms with Crippen molar-refractivity contribution in [3.63, 3.8) is 0 Å². The van der Waals surface area contributed by atoms with Crippen molar-refractivity contribution in [2.45, 2.75) is 18.9 Å². The quantitative estimate of drug-likeness (QED) is 0.808. The highest BCUT2D eigenvalue weighted by Gasteiger charge is 2.32. The Labute approximate surface area is 156 Å². The summed E-state index contributed by atoms with van der Waals surface area (Å²) >= 11 is 12.4. The minimum atomic E-state index is -0.801. The molecular weight excluding hydrogens is 364 g/mol. The van der Waals surface area contributed by atoms with Gasteiger partial charge in [0.25, 0.3) is 0 Å². The minimum Gasteiger partial charge on any atom is -0.481 e. The van der Waals surface area contributed by atoms with E-state index in [1.165, 1.54) is 12.1 Å². The van der Waals surface area contributed by atoms with Gasteiger partial charge in [0.2, 0.25) is 0 Å². The maximum atomic E-state index is 13.8. The zero-order valence-electron chi connectivity index (χ0n) is 13.5. The van der Waals surface area contributed by atoms with Gasteiger partial charge >= 0.3 is 5.97 Å². The van der Waals surface area contributed by atoms with E-state index in [9.17, 15) is 14.3 Å². The number of carboxylic acids is 1. The van der Waals surface area contributed by atoms with E-state index in [1.54, 1.807) is 18.2 Å². The lowest BCUT2D eigenvalue weighted by Crippen LogP contribution is -2.41. The SMILES string of the molecule is O=C(O)C1CCCN(C(c2cccc(F)c2)c2ccc(Cl)cc2Cl)C1. The van der Waals surface area contributed by atoms with Gasteiger partial charge in [-0.05, 0) is 54.8 Å². The lowest BCUT2D eigenvalue weighted by Gasteiger charge is -2.38. The molecule has 0 spiro atoms. The Bertz CT molecular complexity index is 784. The zero-order chi connectivity index (χ0) is 18.0. The van der Waals surface area contributed by atoms with Crippen molar-refractivity contribution in [2.75, 3.05) is 13.1 Å². The maximum Gasteiger partial charge on any atom is 0.307 e. The molecule has 132 valence electrons. The van der Waals surface area contributed by atoms with Gasteiger partial charge in [-0.3, -0.25) is 9.69 Å². The zero-order valence-corrected chi connectivity index (χ0v) is 15.0. The van der Waals surface area contributed by atoms with Crippen LogP contribution < -0.4 is 0 Å². The fourth-order valence-corrected chi connectivity index (χ4v) is 3.94. The van der Waals surface area contributed by atoms with E-state index in [1.807, 2.05) is 12.1 Å². The van der Waals surface area contributed by atoms with E-state index in [4.69, 9.17) is 23.2 Å². The highest BCUT2D eigenvalue weighted by atomic mass is 35.5. The average Bonchev–Trinajstić information content (AvgIpc) is 2.57. The second-order valence-corrected chi connectivity index (χ2v) is 7.14. The summed E-state index contributed by atoms with van der Waals surface area (Å²) in [5, 5.41) is 10.4. The smallest absolute Gasteiger partial charge is 0.307 e. The van der Waals surface area contributed by atoms with E-state index in [0.29, 0.717) is 23.0 Å². The molecule has 0 radical (unpaired) electrons. The fraction of sp³-hybridized carbons (Fsp3) is 0.316. The predicted molar refractivity (Wildman–Crippen MR) is 96.6 cm³/mol. The summed E-state index contributed by atoms with van der Waals surface area (Å²) < 4.78 is 13.8. The molecule has 3 rings (SSSR count). The minimum absolute atomic E-state index is 0.317. The van der Waals surface area contributed by atoms with Crippen LogP contribution in [0.2, 0.25) is 10.0 Å². The number of nitrogens with zero attached hydrogens (tertiary/aromatic N) is 1. The topological polar surface area (TPSA) is 40.5 Å². The normalized spacial score (nSPS) is 19.6. The van der Waals surface area contributed by atoms with Crippen LogP contribution in [-0.4, -0.2) is 29.1 Å². The summed E-state index contributed by atoms with van der Waals surface area (Å²) in [6.45, 7) is 1.12. The van der Waals surface area contributed by atoms with Crippen LogP contribution in [0.4, 0.5) is 4.39 Å². The van der Waals surface area contributed by atoms with Crippen molar-refractivity contribution in [3.8, 4) is 0 Å². The van der Waals surface area contributed by atoms with E-state index in [-0.39, 0.29) is 11.9 Å². The number of hydrogen-bond acceptors (Lipinski definition) is 2. The molecule has 1 fully saturated rings. The Hall–Kier alpha value is -1.62. The first kappa shape index (κ1) is 18.2. The summed E-state index contributed by atoms with van der Waals surface area (Å²) in [6.07, 6.45) is 1.42. The molecule has 0 aliphatic carbocycles. The Balaban J connectivity index is 2.04. The lowest BCUT2D eigenvalue weighted by atomic mass is 9.91. The van der Waals surface area contributed by atoms with Crippen LogP contribution in [0, 0.1) is 11.7 Å². The van der Waals surface area contributed by atoms with Gasteiger partial charge in [-0.15, -0.1) is 0 Å². The number of benzene rings is 2. The van der Waals surface area contributed by atoms with Gasteiger partial charge < -0.3 is 5.11 Å². The number of halogens is 3. The molecule has 0 bridgehead atoms. The largest absolute Gasteiger partial charge is 0.481 e. The molecule has 1 saturated heterocycles. The molecule has 1 aliphatic heterocycles. The fourth-order valence-electron chi connectivity index (χ4n) is 3.43. The lowest BCUT2D eigenvalue weighted by molar-refractivity contribution is -0.143. The van der Waals surface area contributed by atoms with E-state index >= 15 is 0 Å². The molecule has 1 heterocycles. The van der Waals surface area contributed by atoms with Crippen molar-refractivity contribution in [1.82, 2.24) is 4.90 Å². The van der Waals surface area contributed by atoms with E-state index in [0.717, 1.165) is 24.1 Å². The van der Waals surface area contributed by atoms with Crippen LogP contribution in [-0.2, 0) is 4.79 Å². The van der Waals surface area contributed by atoms with E-state index in [2.05, 4.69) is 4.90 Å². The standard InChI is InChI=1S/C19H18Cl2FNO2/c20-14-6-7-16(17(21)10-14)18(12-3-1-5-15(22)9-12)23-8-2-4-13(11-23)19(24)25/h1,3,5-7,9-10,13,18H,2,4,8,11H2,(H,24,25). The van der Waals surface area contributed by atoms with Crippen LogP contribution in [0.15, 0.2) is 42.5 Å². The summed E-state index contributed by atoms with van der Waals surface area (Å²) in [5.41, 5.74) is 1.54. The van der Waals surface area contributed by atoms with Gasteiger partial charge in [-0.2, -0.15) is 0 Å². The van der Waals surface area contributed by atoms with Gasteiger partial charge in [0, 0.05) is 16.6 Å². The van der Waals surface area contributed by atoms with Crippen molar-refractivity contribution in [1.29, 1.82) is 0 Å². The molecule has 2 unspecified atom stereocenters. The summed E-state index contributed by atoms with van der Waals surface area (Å²) in [5.74, 6) is -1.57. The first-order chi connectivity index (χ1) is 12.0. The number of rotatable bonds is 4. The molecule has 0 saturated carbocycles. The molecule has 2 aromatic carbocycles. The third kappa shape index (κ3) is 4.14. The summed E-state index contributed by atoms with van der Waals surface area (Å²) in [4.78, 5) is 13.5. The first-order valence-electron chi connectivity index (χ1n) is 8.13. The van der Waals surface area contributed by atoms with Crippen LogP contribution in [0.3, 0.4) is 0 Å². The second kappa shape index (κ2) is 7.73. The molecule has 0 amide bonds. The first-order valence-corrected chi connectivity index (χ1v) is 8.88. The average molecular weight is 382 g/mol. The monoisotopic (exact) mass is 381 g/mol. The predicted octanol–water partition coefficient (Wildman–Crippen LogP) is 5.02. The van der Waals surface area contributed by atoms with E-state index < -0.39 is 11.9 Å². The van der Waals surface area contributed by atoms with Crippen molar-refractivity contribution < 1.29 is 14.3 Å². The molecule has 3 nitrogen and oxygen atoms in total. The van der Waals surface area contributed by atoms with Gasteiger partial charge in [-0.1, -0.05) is 41.4 Å². The van der Waals surface area contributed by atoms with Gasteiger partial charge in [0.05, 0.1) is 12.0 Å². The van der Waals surface area contributed by atoms with Crippen LogP contribution in [0.1, 0.15) is 30.0 Å². The molecule has 6 heteroatoms. The third-order valence-electron chi connectivity index (χ3n) is 4.59. The van der Waals surface area contributed by atoms with Crippen LogP contribution in [0.25, 0.3) is 0 Å². The Kier molecular flexibility index (Phi) is 5.62. The van der Waals surface area contributed by atoms with Gasteiger partial charge in [-0.25, -0.2) is 4.39 Å². The van der Waals surface area contributed by atoms with Gasteiger partial charge in [0.1, 0.15) is 5.82 Å². The van der Waals surface area contributed by atoms with Crippen LogP contribution in [0.5, 0.6) is 0 Å². The number of likely N-dealkylation sites (tertiary alicyclic amines) is 1. The summed E-state index contributed by atoms with van der Waals surface area (Å²) in [7, 11) is 0. The molecule has 2 aromatic rings. The molecule has 1 aliphatic rings. The second-order valence-electron chi connectivity index (χ2n) is 6.30. The molecule has 2 atom stereocenters. The van der Waals surface area contributed by atoms with Gasteiger partial charge in [0.15, 0.2) is 0 Å². The molecule has 1 N–H and O–H groups in total.